The van der Waals surface area contributed by atoms with E-state index in [0.29, 0.717) is 43.2 Å². The first kappa shape index (κ1) is 60.3. The van der Waals surface area contributed by atoms with Crippen molar-refractivity contribution in [2.75, 3.05) is 52.8 Å². The molecule has 4 unspecified atom stereocenters. The third kappa shape index (κ3) is 38.5. The highest BCUT2D eigenvalue weighted by molar-refractivity contribution is 5.95. The number of alkyl carbamates (subject to hydrolysis) is 1. The lowest BCUT2D eigenvalue weighted by Crippen LogP contribution is -2.37. The number of aliphatic hydroxyl groups is 1. The fourth-order valence-electron chi connectivity index (χ4n) is 3.71. The van der Waals surface area contributed by atoms with Gasteiger partial charge in [0.2, 0.25) is 24.1 Å². The van der Waals surface area contributed by atoms with Crippen LogP contribution in [0.2, 0.25) is 0 Å². The molecule has 0 saturated heterocycles. The second-order valence-corrected chi connectivity index (χ2v) is 14.0. The molecule has 0 heterocycles. The van der Waals surface area contributed by atoms with Gasteiger partial charge in [-0.15, -0.1) is 0 Å². The summed E-state index contributed by atoms with van der Waals surface area (Å²) >= 11 is 0. The summed E-state index contributed by atoms with van der Waals surface area (Å²) in [4.78, 5) is 78.7. The number of nitrogens with one attached hydrogen (secondary N) is 5. The van der Waals surface area contributed by atoms with Gasteiger partial charge in [0, 0.05) is 70.3 Å². The van der Waals surface area contributed by atoms with E-state index in [-0.39, 0.29) is 68.4 Å². The Balaban J connectivity index is -0.000000439. The van der Waals surface area contributed by atoms with Crippen LogP contribution in [0.25, 0.3) is 0 Å². The summed E-state index contributed by atoms with van der Waals surface area (Å²) in [5.74, 6) is 0.424. The normalized spacial score (nSPS) is 11.9. The Morgan fingerprint density at radius 2 is 1.48 bits per heavy atom. The van der Waals surface area contributed by atoms with Gasteiger partial charge in [0.25, 0.3) is 0 Å². The van der Waals surface area contributed by atoms with E-state index in [1.54, 1.807) is 45.2 Å². The number of amides is 5. The highest BCUT2D eigenvalue weighted by atomic mass is 16.5. The van der Waals surface area contributed by atoms with Gasteiger partial charge in [0.15, 0.2) is 0 Å². The van der Waals surface area contributed by atoms with Crippen LogP contribution in [0.5, 0.6) is 0 Å². The first-order valence-electron chi connectivity index (χ1n) is 20.2. The molecule has 0 aliphatic carbocycles. The van der Waals surface area contributed by atoms with Crippen LogP contribution in [0.4, 0.5) is 10.5 Å². The predicted octanol–water partition coefficient (Wildman–Crippen LogP) is 4.48. The van der Waals surface area contributed by atoms with Crippen LogP contribution in [0.1, 0.15) is 107 Å². The number of likely N-dealkylation sites (N-methyl/N-ethyl adjacent to an activating group) is 1. The van der Waals surface area contributed by atoms with Gasteiger partial charge < -0.3 is 55.7 Å². The van der Waals surface area contributed by atoms with Crippen molar-refractivity contribution in [3.05, 3.63) is 29.8 Å². The number of hydrogen-bond donors (Lipinski definition) is 6. The fraction of sp³-hybridized carbons (Fsp3) is 0.690. The van der Waals surface area contributed by atoms with E-state index in [1.807, 2.05) is 41.8 Å². The molecule has 4 atom stereocenters. The Morgan fingerprint density at radius 3 is 1.95 bits per heavy atom. The summed E-state index contributed by atoms with van der Waals surface area (Å²) in [5, 5.41) is 21.2. The quantitative estimate of drug-likeness (QED) is 0.0845. The van der Waals surface area contributed by atoms with E-state index < -0.39 is 12.1 Å². The summed E-state index contributed by atoms with van der Waals surface area (Å²) < 4.78 is 10.8. The van der Waals surface area contributed by atoms with Gasteiger partial charge >= 0.3 is 6.09 Å². The van der Waals surface area contributed by atoms with Crippen LogP contribution in [-0.4, -0.2) is 118 Å². The van der Waals surface area contributed by atoms with Crippen LogP contribution in [-0.2, 0) is 44.8 Å². The van der Waals surface area contributed by atoms with Crippen molar-refractivity contribution >= 4 is 48.5 Å². The minimum absolute atomic E-state index is 0.0243. The molecule has 1 aromatic rings. The molecular weight excluding hydrogens is 748 g/mol. The second-order valence-electron chi connectivity index (χ2n) is 14.0. The van der Waals surface area contributed by atoms with Crippen molar-refractivity contribution in [3.63, 3.8) is 0 Å². The van der Waals surface area contributed by atoms with E-state index >= 15 is 0 Å². The molecule has 16 heteroatoms. The van der Waals surface area contributed by atoms with Crippen LogP contribution >= 0.6 is 0 Å². The number of carbonyl (C=O) groups excluding carboxylic acids is 7. The van der Waals surface area contributed by atoms with Gasteiger partial charge in [0.1, 0.15) is 25.2 Å². The number of carbonyl (C=O) groups is 7. The van der Waals surface area contributed by atoms with Crippen molar-refractivity contribution in [1.82, 2.24) is 26.2 Å². The van der Waals surface area contributed by atoms with Crippen LogP contribution in [0.15, 0.2) is 24.3 Å². The van der Waals surface area contributed by atoms with Gasteiger partial charge in [-0.1, -0.05) is 60.6 Å². The summed E-state index contributed by atoms with van der Waals surface area (Å²) in [6.07, 6.45) is 4.25. The van der Waals surface area contributed by atoms with Crippen molar-refractivity contribution < 1.29 is 48.1 Å². The van der Waals surface area contributed by atoms with Gasteiger partial charge in [-0.05, 0) is 77.2 Å². The molecule has 0 spiro atoms. The Kier molecular flexibility index (Phi) is 42.4. The number of benzene rings is 1. The lowest BCUT2D eigenvalue weighted by atomic mass is 10.1. The lowest BCUT2D eigenvalue weighted by Gasteiger charge is -2.18. The lowest BCUT2D eigenvalue weighted by molar-refractivity contribution is -0.132. The molecular formula is C42H78N6O10. The molecule has 0 fully saturated rings. The Bertz CT molecular complexity index is 1220. The SMILES string of the molecule is CC.CC(C)CCOC(C)CCC(=O)NC(C)C(C)C.CC(C=O)CC(=O)N(C)CCNC(=O)OCc1ccc(NC(=O)C(C)NC=O)cc1.CNC.O=CCCO. The highest BCUT2D eigenvalue weighted by Gasteiger charge is 2.15. The summed E-state index contributed by atoms with van der Waals surface area (Å²) in [6, 6.07) is 6.29. The molecule has 0 aliphatic rings. The third-order valence-electron chi connectivity index (χ3n) is 7.69. The maximum atomic E-state index is 11.8. The first-order valence-corrected chi connectivity index (χ1v) is 20.2. The van der Waals surface area contributed by atoms with E-state index in [0.717, 1.165) is 31.3 Å². The summed E-state index contributed by atoms with van der Waals surface area (Å²) in [5.41, 5.74) is 1.27. The predicted molar refractivity (Wildman–Crippen MR) is 230 cm³/mol. The fourth-order valence-corrected chi connectivity index (χ4v) is 3.71. The monoisotopic (exact) mass is 827 g/mol. The number of nitrogens with zero attached hydrogens (tertiary/aromatic N) is 1. The zero-order valence-electron chi connectivity index (χ0n) is 37.6. The zero-order chi connectivity index (χ0) is 45.5. The van der Waals surface area contributed by atoms with E-state index in [9.17, 15) is 33.6 Å². The molecule has 1 aromatic carbocycles. The average molecular weight is 827 g/mol. The third-order valence-corrected chi connectivity index (χ3v) is 7.69. The van der Waals surface area contributed by atoms with Gasteiger partial charge in [0.05, 0.1) is 6.10 Å². The van der Waals surface area contributed by atoms with Gasteiger partial charge in [-0.25, -0.2) is 4.79 Å². The number of hydrogen-bond acceptors (Lipinski definition) is 11. The molecule has 0 bridgehead atoms. The number of anilines is 1. The molecule has 0 aromatic heterocycles. The van der Waals surface area contributed by atoms with E-state index in [4.69, 9.17) is 14.6 Å². The largest absolute Gasteiger partial charge is 0.445 e. The Hall–Kier alpha value is -4.41. The standard InChI is InChI=1S/C20H28N4O6.C15H31NO2.C3H6O2.C2H7N.C2H6/c1-14(11-25)10-18(27)24(3)9-8-21-20(29)30-12-16-4-6-17(7-5-16)23-19(28)15(2)22-13-26;1-11(2)9-10-18-13(5)7-8-15(17)16-14(6)12(3)4;4-2-1-3-5;1-3-2;1-2/h4-7,11,13-15H,8-10,12H2,1-3H3,(H,21,29)(H,22,26)(H,23,28);11-14H,7-10H2,1-6H3,(H,16,17);2,5H,1,3H2;3H,1-2H3;1-2H3. The smallest absolute Gasteiger partial charge is 0.407 e. The van der Waals surface area contributed by atoms with Gasteiger partial charge in [-0.3, -0.25) is 19.2 Å². The molecule has 5 amide bonds. The van der Waals surface area contributed by atoms with Crippen LogP contribution in [0, 0.1) is 17.8 Å². The minimum atomic E-state index is -0.656. The van der Waals surface area contributed by atoms with E-state index in [2.05, 4.69) is 54.3 Å². The Morgan fingerprint density at radius 1 is 0.897 bits per heavy atom. The maximum absolute atomic E-state index is 11.8. The van der Waals surface area contributed by atoms with Crippen LogP contribution < -0.4 is 26.6 Å². The first-order chi connectivity index (χ1) is 27.4. The van der Waals surface area contributed by atoms with Crippen molar-refractivity contribution in [1.29, 1.82) is 0 Å². The molecule has 58 heavy (non-hydrogen) atoms. The summed E-state index contributed by atoms with van der Waals surface area (Å²) in [7, 11) is 5.35. The van der Waals surface area contributed by atoms with Crippen molar-refractivity contribution in [2.24, 2.45) is 17.8 Å². The molecule has 0 radical (unpaired) electrons. The molecule has 0 aliphatic heterocycles. The second kappa shape index (κ2) is 40.8. The van der Waals surface area contributed by atoms with Crippen LogP contribution in [0.3, 0.4) is 0 Å². The number of ether oxygens (including phenoxy) is 2. The topological polar surface area (TPSA) is 222 Å². The number of rotatable bonds is 23. The summed E-state index contributed by atoms with van der Waals surface area (Å²) in [6.45, 7) is 21.2. The van der Waals surface area contributed by atoms with Crippen molar-refractivity contribution in [3.8, 4) is 0 Å². The van der Waals surface area contributed by atoms with E-state index in [1.165, 1.54) is 4.90 Å². The van der Waals surface area contributed by atoms with Gasteiger partial charge in [-0.2, -0.15) is 0 Å². The molecule has 0 saturated carbocycles. The Labute approximate surface area is 348 Å². The molecule has 16 nitrogen and oxygen atoms in total. The molecule has 6 N–H and O–H groups in total. The molecule has 336 valence electrons. The minimum Gasteiger partial charge on any atom is -0.445 e. The highest BCUT2D eigenvalue weighted by Crippen LogP contribution is 2.11. The number of aldehydes is 2. The zero-order valence-corrected chi connectivity index (χ0v) is 37.6. The average Bonchev–Trinajstić information content (AvgIpc) is 3.18. The molecule has 1 rings (SSSR count). The maximum Gasteiger partial charge on any atom is 0.407 e. The van der Waals surface area contributed by atoms with Crippen molar-refractivity contribution in [2.45, 2.75) is 126 Å². The number of aliphatic hydroxyl groups excluding tert-OH is 1.